The first-order chi connectivity index (χ1) is 7.74. The fourth-order valence-electron chi connectivity index (χ4n) is 1.39. The number of halogens is 1. The molecular weight excluding hydrogens is 266 g/mol. The number of nitrogens with zero attached hydrogens (tertiary/aromatic N) is 2. The Morgan fingerprint density at radius 3 is 2.94 bits per heavy atom. The average molecular weight is 278 g/mol. The molecular formula is C12H12BrN3. The van der Waals surface area contributed by atoms with Crippen LogP contribution in [0.1, 0.15) is 11.3 Å². The lowest BCUT2D eigenvalue weighted by atomic mass is 10.3. The topological polar surface area (TPSA) is 37.8 Å². The van der Waals surface area contributed by atoms with Crippen LogP contribution in [0.4, 0.5) is 5.69 Å². The van der Waals surface area contributed by atoms with Gasteiger partial charge >= 0.3 is 0 Å². The molecule has 3 nitrogen and oxygen atoms in total. The number of nitrogens with one attached hydrogen (secondary N) is 1. The molecule has 2 heterocycles. The van der Waals surface area contributed by atoms with Crippen LogP contribution in [0.25, 0.3) is 0 Å². The molecule has 0 aliphatic carbocycles. The van der Waals surface area contributed by atoms with Crippen LogP contribution >= 0.6 is 15.9 Å². The van der Waals surface area contributed by atoms with E-state index in [1.807, 2.05) is 37.5 Å². The molecule has 4 heteroatoms. The number of rotatable bonds is 3. The van der Waals surface area contributed by atoms with Gasteiger partial charge in [0.2, 0.25) is 0 Å². The fraction of sp³-hybridized carbons (Fsp3) is 0.167. The van der Waals surface area contributed by atoms with Crippen molar-refractivity contribution < 1.29 is 0 Å². The number of hydrogen-bond donors (Lipinski definition) is 1. The summed E-state index contributed by atoms with van der Waals surface area (Å²) in [6.45, 7) is 2.72. The maximum atomic E-state index is 4.34. The van der Waals surface area contributed by atoms with Crippen LogP contribution in [-0.2, 0) is 6.54 Å². The summed E-state index contributed by atoms with van der Waals surface area (Å²) in [6.07, 6.45) is 3.65. The Morgan fingerprint density at radius 2 is 2.19 bits per heavy atom. The molecule has 0 bridgehead atoms. The van der Waals surface area contributed by atoms with Crippen LogP contribution in [-0.4, -0.2) is 9.97 Å². The van der Waals surface area contributed by atoms with Crippen molar-refractivity contribution in [2.24, 2.45) is 0 Å². The molecule has 0 saturated heterocycles. The smallest absolute Gasteiger partial charge is 0.106 e. The van der Waals surface area contributed by atoms with E-state index < -0.39 is 0 Å². The molecule has 1 N–H and O–H groups in total. The van der Waals surface area contributed by atoms with Gasteiger partial charge in [-0.15, -0.1) is 0 Å². The highest BCUT2D eigenvalue weighted by Crippen LogP contribution is 2.10. The lowest BCUT2D eigenvalue weighted by molar-refractivity contribution is 1.03. The van der Waals surface area contributed by atoms with Crippen LogP contribution in [0.5, 0.6) is 0 Å². The van der Waals surface area contributed by atoms with E-state index in [1.165, 1.54) is 0 Å². The molecule has 0 aliphatic heterocycles. The first-order valence-corrected chi connectivity index (χ1v) is 5.80. The molecule has 0 aromatic carbocycles. The number of anilines is 1. The molecule has 0 amide bonds. The highest BCUT2D eigenvalue weighted by molar-refractivity contribution is 9.10. The van der Waals surface area contributed by atoms with E-state index in [0.717, 1.165) is 21.5 Å². The Balaban J connectivity index is 2.02. The number of aryl methyl sites for hydroxylation is 1. The van der Waals surface area contributed by atoms with Crippen molar-refractivity contribution in [3.05, 3.63) is 52.5 Å². The Morgan fingerprint density at radius 1 is 1.31 bits per heavy atom. The SMILES string of the molecule is Cc1cncc(NCc2cccc(Br)n2)c1. The molecule has 0 unspecified atom stereocenters. The monoisotopic (exact) mass is 277 g/mol. The van der Waals surface area contributed by atoms with E-state index in [1.54, 1.807) is 0 Å². The summed E-state index contributed by atoms with van der Waals surface area (Å²) in [5, 5.41) is 3.28. The molecule has 82 valence electrons. The maximum Gasteiger partial charge on any atom is 0.106 e. The molecule has 2 rings (SSSR count). The van der Waals surface area contributed by atoms with Crippen molar-refractivity contribution in [3.63, 3.8) is 0 Å². The second kappa shape index (κ2) is 5.07. The second-order valence-corrected chi connectivity index (χ2v) is 4.37. The minimum absolute atomic E-state index is 0.699. The van der Waals surface area contributed by atoms with Gasteiger partial charge in [-0.3, -0.25) is 4.98 Å². The van der Waals surface area contributed by atoms with Gasteiger partial charge in [0.05, 0.1) is 17.9 Å². The number of hydrogen-bond acceptors (Lipinski definition) is 3. The van der Waals surface area contributed by atoms with Crippen molar-refractivity contribution in [2.75, 3.05) is 5.32 Å². The van der Waals surface area contributed by atoms with Gasteiger partial charge < -0.3 is 5.32 Å². The van der Waals surface area contributed by atoms with Crippen molar-refractivity contribution in [1.29, 1.82) is 0 Å². The Hall–Kier alpha value is -1.42. The Kier molecular flexibility index (Phi) is 3.51. The summed E-state index contributed by atoms with van der Waals surface area (Å²) >= 11 is 3.35. The van der Waals surface area contributed by atoms with E-state index in [-0.39, 0.29) is 0 Å². The zero-order chi connectivity index (χ0) is 11.4. The summed E-state index contributed by atoms with van der Waals surface area (Å²) < 4.78 is 0.856. The highest BCUT2D eigenvalue weighted by Gasteiger charge is 1.96. The van der Waals surface area contributed by atoms with Crippen LogP contribution < -0.4 is 5.32 Å². The predicted octanol–water partition coefficient (Wildman–Crippen LogP) is 3.16. The second-order valence-electron chi connectivity index (χ2n) is 3.56. The van der Waals surface area contributed by atoms with E-state index in [4.69, 9.17) is 0 Å². The number of pyridine rings is 2. The summed E-state index contributed by atoms with van der Waals surface area (Å²) in [4.78, 5) is 8.47. The van der Waals surface area contributed by atoms with Gasteiger partial charge in [0, 0.05) is 12.4 Å². The summed E-state index contributed by atoms with van der Waals surface area (Å²) in [5.41, 5.74) is 3.16. The van der Waals surface area contributed by atoms with Gasteiger partial charge in [-0.05, 0) is 46.6 Å². The summed E-state index contributed by atoms with van der Waals surface area (Å²) in [6, 6.07) is 7.94. The summed E-state index contributed by atoms with van der Waals surface area (Å²) in [5.74, 6) is 0. The molecule has 2 aromatic rings. The normalized spacial score (nSPS) is 10.1. The van der Waals surface area contributed by atoms with Gasteiger partial charge in [0.15, 0.2) is 0 Å². The minimum Gasteiger partial charge on any atom is -0.378 e. The fourth-order valence-corrected chi connectivity index (χ4v) is 1.77. The predicted molar refractivity (Wildman–Crippen MR) is 68.2 cm³/mol. The summed E-state index contributed by atoms with van der Waals surface area (Å²) in [7, 11) is 0. The molecule has 0 radical (unpaired) electrons. The first kappa shape index (κ1) is 11.1. The zero-order valence-electron chi connectivity index (χ0n) is 8.94. The molecule has 2 aromatic heterocycles. The highest BCUT2D eigenvalue weighted by atomic mass is 79.9. The van der Waals surface area contributed by atoms with Crippen LogP contribution in [0.3, 0.4) is 0 Å². The van der Waals surface area contributed by atoms with Crippen LogP contribution in [0, 0.1) is 6.92 Å². The first-order valence-electron chi connectivity index (χ1n) is 5.01. The molecule has 0 atom stereocenters. The maximum absolute atomic E-state index is 4.34. The van der Waals surface area contributed by atoms with Crippen LogP contribution in [0.15, 0.2) is 41.3 Å². The minimum atomic E-state index is 0.699. The third-order valence-corrected chi connectivity index (χ3v) is 2.56. The number of aromatic nitrogens is 2. The van der Waals surface area contributed by atoms with Gasteiger partial charge in [0.25, 0.3) is 0 Å². The Bertz CT molecular complexity index is 440. The lowest BCUT2D eigenvalue weighted by Gasteiger charge is -2.06. The Labute approximate surface area is 103 Å². The molecule has 0 spiro atoms. The zero-order valence-corrected chi connectivity index (χ0v) is 10.5. The standard InChI is InChI=1S/C12H12BrN3/c1-9-5-11(7-14-6-9)15-8-10-3-2-4-12(13)16-10/h2-7,15H,8H2,1H3. The molecule has 0 aliphatic rings. The van der Waals surface area contributed by atoms with Gasteiger partial charge in [-0.1, -0.05) is 6.07 Å². The van der Waals surface area contributed by atoms with Crippen molar-refractivity contribution in [2.45, 2.75) is 13.5 Å². The molecule has 16 heavy (non-hydrogen) atoms. The van der Waals surface area contributed by atoms with Crippen LogP contribution in [0.2, 0.25) is 0 Å². The molecule has 0 fully saturated rings. The van der Waals surface area contributed by atoms with E-state index >= 15 is 0 Å². The molecule has 0 saturated carbocycles. The third kappa shape index (κ3) is 3.03. The largest absolute Gasteiger partial charge is 0.378 e. The lowest BCUT2D eigenvalue weighted by Crippen LogP contribution is -2.02. The van der Waals surface area contributed by atoms with Gasteiger partial charge in [-0.25, -0.2) is 4.98 Å². The van der Waals surface area contributed by atoms with Crippen molar-refractivity contribution in [1.82, 2.24) is 9.97 Å². The van der Waals surface area contributed by atoms with E-state index in [2.05, 4.69) is 37.3 Å². The van der Waals surface area contributed by atoms with E-state index in [0.29, 0.717) is 6.54 Å². The van der Waals surface area contributed by atoms with Crippen molar-refractivity contribution in [3.8, 4) is 0 Å². The van der Waals surface area contributed by atoms with Crippen molar-refractivity contribution >= 4 is 21.6 Å². The van der Waals surface area contributed by atoms with Gasteiger partial charge in [-0.2, -0.15) is 0 Å². The van der Waals surface area contributed by atoms with Gasteiger partial charge in [0.1, 0.15) is 4.60 Å². The van der Waals surface area contributed by atoms with E-state index in [9.17, 15) is 0 Å². The third-order valence-electron chi connectivity index (χ3n) is 2.12. The quantitative estimate of drug-likeness (QED) is 0.876. The average Bonchev–Trinajstić information content (AvgIpc) is 2.27.